The Hall–Kier alpha value is -2.30. The summed E-state index contributed by atoms with van der Waals surface area (Å²) in [6.45, 7) is 7.52. The fourth-order valence-corrected chi connectivity index (χ4v) is 3.54. The largest absolute Gasteiger partial charge is 0.359 e. The maximum atomic E-state index is 12.6. The third-order valence-corrected chi connectivity index (χ3v) is 5.19. The number of para-hydroxylation sites is 1. The lowest BCUT2D eigenvalue weighted by Crippen LogP contribution is -2.44. The number of carbonyl (C=O) groups is 1. The number of hydrogen-bond donors (Lipinski definition) is 1. The number of nitrogens with zero attached hydrogens (tertiary/aromatic N) is 2. The van der Waals surface area contributed by atoms with Crippen LogP contribution in [0, 0.1) is 0 Å². The first kappa shape index (κ1) is 17.5. The van der Waals surface area contributed by atoms with Crippen molar-refractivity contribution in [2.24, 2.45) is 0 Å². The van der Waals surface area contributed by atoms with Crippen LogP contribution in [-0.4, -0.2) is 23.7 Å². The Labute approximate surface area is 149 Å². The molecule has 1 unspecified atom stereocenters. The van der Waals surface area contributed by atoms with E-state index in [1.54, 1.807) is 0 Å². The number of benzene rings is 1. The number of amides is 1. The van der Waals surface area contributed by atoms with Gasteiger partial charge in [0.25, 0.3) is 0 Å². The molecule has 0 spiro atoms. The molecule has 1 N–H and O–H groups in total. The molecule has 134 valence electrons. The van der Waals surface area contributed by atoms with Crippen LogP contribution in [-0.2, 0) is 17.8 Å². The zero-order chi connectivity index (χ0) is 17.8. The summed E-state index contributed by atoms with van der Waals surface area (Å²) in [5, 5.41) is 7.13. The van der Waals surface area contributed by atoms with Gasteiger partial charge in [-0.25, -0.2) is 0 Å². The van der Waals surface area contributed by atoms with E-state index in [2.05, 4.69) is 47.4 Å². The lowest BCUT2D eigenvalue weighted by Gasteiger charge is -2.26. The average Bonchev–Trinajstić information content (AvgIpc) is 3.27. The van der Waals surface area contributed by atoms with Crippen molar-refractivity contribution >= 4 is 11.6 Å². The topological polar surface area (TPSA) is 58.4 Å². The second-order valence-electron chi connectivity index (χ2n) is 6.70. The van der Waals surface area contributed by atoms with Crippen LogP contribution < -0.4 is 10.2 Å². The zero-order valence-electron chi connectivity index (χ0n) is 15.3. The van der Waals surface area contributed by atoms with Gasteiger partial charge in [-0.2, -0.15) is 0 Å². The van der Waals surface area contributed by atoms with E-state index in [-0.39, 0.29) is 11.9 Å². The molecule has 0 radical (unpaired) electrons. The number of rotatable bonds is 7. The molecule has 1 aromatic carbocycles. The van der Waals surface area contributed by atoms with Crippen molar-refractivity contribution in [1.29, 1.82) is 0 Å². The predicted molar refractivity (Wildman–Crippen MR) is 98.6 cm³/mol. The molecule has 2 heterocycles. The highest BCUT2D eigenvalue weighted by atomic mass is 16.5. The quantitative estimate of drug-likeness (QED) is 0.835. The van der Waals surface area contributed by atoms with Crippen LogP contribution in [0.1, 0.15) is 56.5 Å². The Morgan fingerprint density at radius 1 is 1.32 bits per heavy atom. The van der Waals surface area contributed by atoms with Crippen LogP contribution in [0.4, 0.5) is 5.69 Å². The van der Waals surface area contributed by atoms with E-state index >= 15 is 0 Å². The summed E-state index contributed by atoms with van der Waals surface area (Å²) in [5.74, 6) is 1.15. The van der Waals surface area contributed by atoms with E-state index in [4.69, 9.17) is 4.52 Å². The lowest BCUT2D eigenvalue weighted by molar-refractivity contribution is -0.122. The highest BCUT2D eigenvalue weighted by Crippen LogP contribution is 2.29. The van der Waals surface area contributed by atoms with Crippen molar-refractivity contribution in [2.75, 3.05) is 11.4 Å². The van der Waals surface area contributed by atoms with Gasteiger partial charge >= 0.3 is 0 Å². The van der Waals surface area contributed by atoms with Crippen molar-refractivity contribution in [3.63, 3.8) is 0 Å². The summed E-state index contributed by atoms with van der Waals surface area (Å²) in [6.07, 6.45) is 3.08. The molecule has 0 saturated carbocycles. The van der Waals surface area contributed by atoms with E-state index in [1.165, 1.54) is 11.3 Å². The highest BCUT2D eigenvalue weighted by molar-refractivity contribution is 5.85. The minimum absolute atomic E-state index is 0.0113. The third-order valence-electron chi connectivity index (χ3n) is 5.19. The van der Waals surface area contributed by atoms with Crippen molar-refractivity contribution < 1.29 is 9.32 Å². The normalized spacial score (nSPS) is 14.6. The molecule has 25 heavy (non-hydrogen) atoms. The van der Waals surface area contributed by atoms with Crippen LogP contribution >= 0.6 is 0 Å². The molecule has 1 aliphatic rings. The smallest absolute Gasteiger partial charge is 0.242 e. The molecule has 5 heteroatoms. The summed E-state index contributed by atoms with van der Waals surface area (Å²) < 4.78 is 5.38. The van der Waals surface area contributed by atoms with Crippen LogP contribution in [0.3, 0.4) is 0 Å². The summed E-state index contributed by atoms with van der Waals surface area (Å²) >= 11 is 0. The van der Waals surface area contributed by atoms with Gasteiger partial charge in [-0.3, -0.25) is 4.79 Å². The van der Waals surface area contributed by atoms with Gasteiger partial charge in [-0.1, -0.05) is 37.2 Å². The predicted octanol–water partition coefficient (Wildman–Crippen LogP) is 3.65. The fraction of sp³-hybridized carbons (Fsp3) is 0.500. The first-order valence-corrected chi connectivity index (χ1v) is 9.21. The highest BCUT2D eigenvalue weighted by Gasteiger charge is 2.27. The first-order valence-electron chi connectivity index (χ1n) is 9.21. The maximum Gasteiger partial charge on any atom is 0.242 e. The minimum atomic E-state index is -0.204. The van der Waals surface area contributed by atoms with Crippen molar-refractivity contribution in [3.8, 4) is 0 Å². The molecule has 0 fully saturated rings. The Bertz CT molecular complexity index is 721. The lowest BCUT2D eigenvalue weighted by atomic mass is 9.99. The number of fused-ring (bicyclic) bond motifs is 1. The van der Waals surface area contributed by atoms with Gasteiger partial charge in [-0.05, 0) is 37.8 Å². The molecular formula is C20H27N3O2. The van der Waals surface area contributed by atoms with Crippen LogP contribution in [0.25, 0.3) is 0 Å². The number of carbonyl (C=O) groups excluding carboxylic acids is 1. The first-order chi connectivity index (χ1) is 12.1. The van der Waals surface area contributed by atoms with Crippen LogP contribution in [0.5, 0.6) is 0 Å². The second kappa shape index (κ2) is 7.72. The van der Waals surface area contributed by atoms with Crippen LogP contribution in [0.2, 0.25) is 0 Å². The Morgan fingerprint density at radius 3 is 2.84 bits per heavy atom. The van der Waals surface area contributed by atoms with Crippen molar-refractivity contribution in [3.05, 3.63) is 47.3 Å². The van der Waals surface area contributed by atoms with Gasteiger partial charge in [-0.15, -0.1) is 0 Å². The molecule has 5 nitrogen and oxygen atoms in total. The summed E-state index contributed by atoms with van der Waals surface area (Å²) in [7, 11) is 0. The summed E-state index contributed by atoms with van der Waals surface area (Å²) in [4.78, 5) is 14.7. The SMILES string of the molecule is CCC(CC)c1cc(CNC(=O)C(C)N2CCc3ccccc32)on1. The van der Waals surface area contributed by atoms with E-state index in [0.717, 1.165) is 31.5 Å². The number of nitrogens with one attached hydrogen (secondary N) is 1. The van der Waals surface area contributed by atoms with Gasteiger partial charge in [0.2, 0.25) is 5.91 Å². The molecule has 3 rings (SSSR count). The number of anilines is 1. The molecule has 1 aliphatic heterocycles. The number of hydrogen-bond acceptors (Lipinski definition) is 4. The van der Waals surface area contributed by atoms with Crippen molar-refractivity contribution in [1.82, 2.24) is 10.5 Å². The molecule has 1 aromatic heterocycles. The molecule has 1 atom stereocenters. The van der Waals surface area contributed by atoms with Gasteiger partial charge in [0.05, 0.1) is 12.2 Å². The van der Waals surface area contributed by atoms with Gasteiger partial charge in [0, 0.05) is 24.2 Å². The zero-order valence-corrected chi connectivity index (χ0v) is 15.3. The van der Waals surface area contributed by atoms with Crippen LogP contribution in [0.15, 0.2) is 34.9 Å². The minimum Gasteiger partial charge on any atom is -0.359 e. The molecule has 1 amide bonds. The van der Waals surface area contributed by atoms with Gasteiger partial charge < -0.3 is 14.7 Å². The Morgan fingerprint density at radius 2 is 2.08 bits per heavy atom. The monoisotopic (exact) mass is 341 g/mol. The van der Waals surface area contributed by atoms with E-state index in [9.17, 15) is 4.79 Å². The molecule has 0 aliphatic carbocycles. The molecular weight excluding hydrogens is 314 g/mol. The molecule has 0 bridgehead atoms. The summed E-state index contributed by atoms with van der Waals surface area (Å²) in [5.41, 5.74) is 3.46. The van der Waals surface area contributed by atoms with E-state index in [1.807, 2.05) is 19.1 Å². The molecule has 0 saturated heterocycles. The second-order valence-corrected chi connectivity index (χ2v) is 6.70. The van der Waals surface area contributed by atoms with Gasteiger partial charge in [0.15, 0.2) is 5.76 Å². The number of aromatic nitrogens is 1. The fourth-order valence-electron chi connectivity index (χ4n) is 3.54. The summed E-state index contributed by atoms with van der Waals surface area (Å²) in [6, 6.07) is 10.1. The van der Waals surface area contributed by atoms with E-state index < -0.39 is 0 Å². The third kappa shape index (κ3) is 3.70. The Kier molecular flexibility index (Phi) is 5.41. The maximum absolute atomic E-state index is 12.6. The standard InChI is InChI=1S/C20H27N3O2/c1-4-15(5-2)18-12-17(25-22-18)13-21-20(24)14(3)23-11-10-16-8-6-7-9-19(16)23/h6-9,12,14-15H,4-5,10-11,13H2,1-3H3,(H,21,24). The Balaban J connectivity index is 1.58. The van der Waals surface area contributed by atoms with Crippen molar-refractivity contribution in [2.45, 2.75) is 58.5 Å². The molecule has 2 aromatic rings. The van der Waals surface area contributed by atoms with Gasteiger partial charge in [0.1, 0.15) is 6.04 Å². The average molecular weight is 341 g/mol. The van der Waals surface area contributed by atoms with E-state index in [0.29, 0.717) is 18.2 Å².